The summed E-state index contributed by atoms with van der Waals surface area (Å²) < 4.78 is 11.6. The minimum absolute atomic E-state index is 0.117. The van der Waals surface area contributed by atoms with E-state index in [2.05, 4.69) is 28.6 Å². The lowest BCUT2D eigenvalue weighted by atomic mass is 10.0. The first kappa shape index (κ1) is 26.6. The number of nitrogens with one attached hydrogen (secondary N) is 2. The lowest BCUT2D eigenvalue weighted by Gasteiger charge is -2.18. The summed E-state index contributed by atoms with van der Waals surface area (Å²) in [5.74, 6) is 2.13. The van der Waals surface area contributed by atoms with Gasteiger partial charge >= 0.3 is 0 Å². The van der Waals surface area contributed by atoms with Crippen LogP contribution < -0.4 is 25.8 Å². The van der Waals surface area contributed by atoms with E-state index in [1.165, 1.54) is 0 Å². The Morgan fingerprint density at radius 1 is 1.09 bits per heavy atom. The number of fused-ring (bicyclic) bond motifs is 1. The van der Waals surface area contributed by atoms with Gasteiger partial charge in [-0.2, -0.15) is 11.8 Å². The Morgan fingerprint density at radius 2 is 1.83 bits per heavy atom. The largest absolute Gasteiger partial charge is 0.490 e. The first-order chi connectivity index (χ1) is 17.0. The van der Waals surface area contributed by atoms with Gasteiger partial charge < -0.3 is 25.8 Å². The topological polar surface area (TPSA) is 98.5 Å². The van der Waals surface area contributed by atoms with Crippen molar-refractivity contribution in [2.45, 2.75) is 46.2 Å². The molecule has 0 radical (unpaired) electrons. The van der Waals surface area contributed by atoms with Gasteiger partial charge in [0, 0.05) is 35.6 Å². The fourth-order valence-electron chi connectivity index (χ4n) is 3.97. The Bertz CT molecular complexity index is 1140. The molecule has 35 heavy (non-hydrogen) atoms. The van der Waals surface area contributed by atoms with Gasteiger partial charge in [-0.05, 0) is 68.0 Å². The van der Waals surface area contributed by atoms with E-state index in [0.717, 1.165) is 45.6 Å². The highest BCUT2D eigenvalue weighted by atomic mass is 32.2. The van der Waals surface area contributed by atoms with E-state index in [9.17, 15) is 4.79 Å². The molecule has 0 aliphatic heterocycles. The van der Waals surface area contributed by atoms with Crippen LogP contribution in [0.3, 0.4) is 0 Å². The zero-order valence-corrected chi connectivity index (χ0v) is 21.8. The van der Waals surface area contributed by atoms with Gasteiger partial charge in [0.05, 0.1) is 24.8 Å². The van der Waals surface area contributed by atoms with Crippen LogP contribution in [0.15, 0.2) is 42.6 Å². The average molecular weight is 497 g/mol. The first-order valence-corrected chi connectivity index (χ1v) is 13.5. The molecule has 1 amide bonds. The average Bonchev–Trinajstić information content (AvgIpc) is 2.86. The van der Waals surface area contributed by atoms with Crippen LogP contribution in [0, 0.1) is 0 Å². The Hall–Kier alpha value is -2.97. The number of ether oxygens (including phenoxy) is 2. The molecule has 0 unspecified atom stereocenters. The zero-order valence-electron chi connectivity index (χ0n) is 21.0. The fourth-order valence-corrected chi connectivity index (χ4v) is 4.46. The summed E-state index contributed by atoms with van der Waals surface area (Å²) >= 11 is 1.69. The lowest BCUT2D eigenvalue weighted by molar-refractivity contribution is -0.122. The lowest BCUT2D eigenvalue weighted by Crippen LogP contribution is -2.40. The Morgan fingerprint density at radius 3 is 2.51 bits per heavy atom. The highest BCUT2D eigenvalue weighted by Crippen LogP contribution is 2.36. The minimum atomic E-state index is -0.488. The highest BCUT2D eigenvalue weighted by Gasteiger charge is 2.15. The predicted octanol–water partition coefficient (Wildman–Crippen LogP) is 5.03. The van der Waals surface area contributed by atoms with Gasteiger partial charge in [0.15, 0.2) is 11.5 Å². The van der Waals surface area contributed by atoms with E-state index < -0.39 is 6.04 Å². The normalized spacial score (nSPS) is 11.8. The standard InChI is InChI=1S/C27H36N4O3S/c1-5-19-18(17-30-27(32)21(28)12-14-35-4)9-8-10-22(19)31-23-11-13-29-24-16-26(34-7-3)25(33-6-2)15-20(23)24/h8-11,13,15-16,21H,5-7,12,14,17,28H2,1-4H3,(H,29,31)(H,30,32)/t21-/m0/s1. The second kappa shape index (κ2) is 13.2. The van der Waals surface area contributed by atoms with Gasteiger partial charge in [-0.25, -0.2) is 0 Å². The maximum Gasteiger partial charge on any atom is 0.237 e. The summed E-state index contributed by atoms with van der Waals surface area (Å²) in [7, 11) is 0. The van der Waals surface area contributed by atoms with E-state index in [1.54, 1.807) is 18.0 Å². The number of carbonyl (C=O) groups is 1. The molecule has 0 saturated carbocycles. The summed E-state index contributed by atoms with van der Waals surface area (Å²) in [5.41, 5.74) is 11.0. The summed E-state index contributed by atoms with van der Waals surface area (Å²) in [6, 6.07) is 11.5. The van der Waals surface area contributed by atoms with Gasteiger partial charge in [0.25, 0.3) is 0 Å². The van der Waals surface area contributed by atoms with Crippen LogP contribution in [0.5, 0.6) is 11.5 Å². The number of amides is 1. The van der Waals surface area contributed by atoms with Gasteiger partial charge in [-0.15, -0.1) is 0 Å². The van der Waals surface area contributed by atoms with Crippen molar-refractivity contribution in [3.8, 4) is 11.5 Å². The molecule has 0 fully saturated rings. The third-order valence-corrected chi connectivity index (χ3v) is 6.37. The molecule has 1 aromatic heterocycles. The minimum Gasteiger partial charge on any atom is -0.490 e. The van der Waals surface area contributed by atoms with Crippen LogP contribution in [-0.2, 0) is 17.8 Å². The molecular formula is C27H36N4O3S. The Balaban J connectivity index is 1.88. The summed E-state index contributed by atoms with van der Waals surface area (Å²) in [4.78, 5) is 17.0. The third kappa shape index (κ3) is 6.80. The Kier molecular flexibility index (Phi) is 10.0. The van der Waals surface area contributed by atoms with Crippen molar-refractivity contribution >= 4 is 39.9 Å². The smallest absolute Gasteiger partial charge is 0.237 e. The number of thioether (sulfide) groups is 1. The molecule has 2 aromatic carbocycles. The number of carbonyl (C=O) groups excluding carboxylic acids is 1. The van der Waals surface area contributed by atoms with Gasteiger partial charge in [0.1, 0.15) is 0 Å². The van der Waals surface area contributed by atoms with Crippen LogP contribution in [0.2, 0.25) is 0 Å². The first-order valence-electron chi connectivity index (χ1n) is 12.1. The molecule has 0 aliphatic carbocycles. The monoisotopic (exact) mass is 496 g/mol. The number of hydrogen-bond acceptors (Lipinski definition) is 7. The van der Waals surface area contributed by atoms with Crippen LogP contribution in [-0.4, -0.2) is 42.2 Å². The number of anilines is 2. The van der Waals surface area contributed by atoms with Gasteiger partial charge in [0.2, 0.25) is 5.91 Å². The fraction of sp³-hybridized carbons (Fsp3) is 0.407. The predicted molar refractivity (Wildman–Crippen MR) is 146 cm³/mol. The van der Waals surface area contributed by atoms with Crippen molar-refractivity contribution < 1.29 is 14.3 Å². The number of benzene rings is 2. The van der Waals surface area contributed by atoms with E-state index in [-0.39, 0.29) is 5.91 Å². The molecule has 4 N–H and O–H groups in total. The molecular weight excluding hydrogens is 460 g/mol. The van der Waals surface area contributed by atoms with Crippen LogP contribution >= 0.6 is 11.8 Å². The summed E-state index contributed by atoms with van der Waals surface area (Å²) in [6.45, 7) is 7.55. The molecule has 3 rings (SSSR count). The molecule has 1 atom stereocenters. The van der Waals surface area contributed by atoms with E-state index >= 15 is 0 Å². The number of nitrogens with two attached hydrogens (primary N) is 1. The maximum absolute atomic E-state index is 12.4. The van der Waals surface area contributed by atoms with Crippen LogP contribution in [0.25, 0.3) is 10.9 Å². The molecule has 0 saturated heterocycles. The second-order valence-corrected chi connectivity index (χ2v) is 9.05. The number of hydrogen-bond donors (Lipinski definition) is 3. The quantitative estimate of drug-likeness (QED) is 0.305. The van der Waals surface area contributed by atoms with E-state index in [4.69, 9.17) is 15.2 Å². The number of nitrogens with zero attached hydrogens (tertiary/aromatic N) is 1. The number of rotatable bonds is 13. The van der Waals surface area contributed by atoms with E-state index in [0.29, 0.717) is 37.7 Å². The summed E-state index contributed by atoms with van der Waals surface area (Å²) in [5, 5.41) is 7.54. The Labute approximate surface area is 212 Å². The third-order valence-electron chi connectivity index (χ3n) is 5.73. The zero-order chi connectivity index (χ0) is 25.2. The molecule has 0 bridgehead atoms. The molecule has 8 heteroatoms. The molecule has 1 heterocycles. The highest BCUT2D eigenvalue weighted by molar-refractivity contribution is 7.98. The number of aromatic nitrogens is 1. The van der Waals surface area contributed by atoms with Crippen molar-refractivity contribution in [2.75, 3.05) is 30.5 Å². The number of pyridine rings is 1. The van der Waals surface area contributed by atoms with Crippen molar-refractivity contribution in [2.24, 2.45) is 5.73 Å². The second-order valence-electron chi connectivity index (χ2n) is 8.07. The molecule has 0 spiro atoms. The summed E-state index contributed by atoms with van der Waals surface area (Å²) in [6.07, 6.45) is 5.28. The maximum atomic E-state index is 12.4. The van der Waals surface area contributed by atoms with Crippen molar-refractivity contribution in [1.29, 1.82) is 0 Å². The molecule has 188 valence electrons. The van der Waals surface area contributed by atoms with E-state index in [1.807, 2.05) is 50.4 Å². The molecule has 3 aromatic rings. The van der Waals surface area contributed by atoms with Gasteiger partial charge in [-0.3, -0.25) is 9.78 Å². The SMILES string of the molecule is CCOc1cc2nccc(Nc3cccc(CNC(=O)[C@@H](N)CCSC)c3CC)c2cc1OCC. The van der Waals surface area contributed by atoms with Crippen molar-refractivity contribution in [3.05, 3.63) is 53.7 Å². The van der Waals surface area contributed by atoms with Crippen molar-refractivity contribution in [1.82, 2.24) is 10.3 Å². The van der Waals surface area contributed by atoms with Crippen molar-refractivity contribution in [3.63, 3.8) is 0 Å². The molecule has 0 aliphatic rings. The van der Waals surface area contributed by atoms with Crippen LogP contribution in [0.1, 0.15) is 38.3 Å². The molecule has 7 nitrogen and oxygen atoms in total. The van der Waals surface area contributed by atoms with Crippen LogP contribution in [0.4, 0.5) is 11.4 Å². The van der Waals surface area contributed by atoms with Gasteiger partial charge in [-0.1, -0.05) is 19.1 Å².